The molecule has 1 aromatic rings. The molecule has 0 bridgehead atoms. The number of fused-ring (bicyclic) bond motifs is 1. The number of nitrogens with zero attached hydrogens (tertiary/aromatic N) is 1. The SMILES string of the molecule is CC(CCl)CS(=O)(=O)N1CCc2ccccc2C1. The van der Waals surface area contributed by atoms with Crippen LogP contribution in [0.15, 0.2) is 24.3 Å². The summed E-state index contributed by atoms with van der Waals surface area (Å²) >= 11 is 5.70. The fourth-order valence-corrected chi connectivity index (χ4v) is 4.21. The molecule has 2 rings (SSSR count). The van der Waals surface area contributed by atoms with Crippen LogP contribution in [0.3, 0.4) is 0 Å². The number of halogens is 1. The van der Waals surface area contributed by atoms with E-state index >= 15 is 0 Å². The van der Waals surface area contributed by atoms with Gasteiger partial charge in [0.2, 0.25) is 10.0 Å². The highest BCUT2D eigenvalue weighted by Gasteiger charge is 2.27. The first-order chi connectivity index (χ1) is 8.53. The van der Waals surface area contributed by atoms with E-state index in [0.717, 1.165) is 12.0 Å². The minimum absolute atomic E-state index is 0.00571. The Labute approximate surface area is 114 Å². The van der Waals surface area contributed by atoms with Gasteiger partial charge in [-0.15, -0.1) is 11.6 Å². The fraction of sp³-hybridized carbons (Fsp3) is 0.538. The van der Waals surface area contributed by atoms with Crippen molar-refractivity contribution in [1.82, 2.24) is 4.31 Å². The van der Waals surface area contributed by atoms with Gasteiger partial charge in [-0.3, -0.25) is 0 Å². The third-order valence-electron chi connectivity index (χ3n) is 3.25. The molecule has 5 heteroatoms. The van der Waals surface area contributed by atoms with Gasteiger partial charge in [-0.25, -0.2) is 8.42 Å². The number of alkyl halides is 1. The quantitative estimate of drug-likeness (QED) is 0.797. The maximum absolute atomic E-state index is 12.2. The lowest BCUT2D eigenvalue weighted by Gasteiger charge is -2.28. The molecule has 0 saturated heterocycles. The summed E-state index contributed by atoms with van der Waals surface area (Å²) in [6, 6.07) is 8.03. The molecule has 3 nitrogen and oxygen atoms in total. The molecule has 0 spiro atoms. The minimum atomic E-state index is -3.19. The van der Waals surface area contributed by atoms with E-state index in [-0.39, 0.29) is 11.7 Å². The van der Waals surface area contributed by atoms with E-state index in [1.807, 2.05) is 25.1 Å². The van der Waals surface area contributed by atoms with Crippen molar-refractivity contribution in [3.8, 4) is 0 Å². The molecule has 0 N–H and O–H groups in total. The summed E-state index contributed by atoms with van der Waals surface area (Å²) in [6.07, 6.45) is 0.796. The van der Waals surface area contributed by atoms with Gasteiger partial charge in [0.1, 0.15) is 0 Å². The molecule has 1 aliphatic heterocycles. The van der Waals surface area contributed by atoms with Crippen LogP contribution in [0, 0.1) is 5.92 Å². The largest absolute Gasteiger partial charge is 0.214 e. The lowest BCUT2D eigenvalue weighted by atomic mass is 10.0. The first kappa shape index (κ1) is 13.8. The van der Waals surface area contributed by atoms with E-state index in [1.54, 1.807) is 4.31 Å². The standard InChI is InChI=1S/C13H18ClNO2S/c1-11(8-14)10-18(16,17)15-7-6-12-4-2-3-5-13(12)9-15/h2-5,11H,6-10H2,1H3. The van der Waals surface area contributed by atoms with Crippen LogP contribution >= 0.6 is 11.6 Å². The zero-order chi connectivity index (χ0) is 13.2. The average molecular weight is 288 g/mol. The van der Waals surface area contributed by atoms with Crippen LogP contribution in [0.4, 0.5) is 0 Å². The van der Waals surface area contributed by atoms with Crippen molar-refractivity contribution in [3.63, 3.8) is 0 Å². The Bertz CT molecular complexity index is 515. The topological polar surface area (TPSA) is 37.4 Å². The molecular weight excluding hydrogens is 270 g/mol. The number of rotatable bonds is 4. The third kappa shape index (κ3) is 3.05. The molecule has 1 heterocycles. The highest BCUT2D eigenvalue weighted by molar-refractivity contribution is 7.89. The van der Waals surface area contributed by atoms with Gasteiger partial charge in [0.15, 0.2) is 0 Å². The Morgan fingerprint density at radius 3 is 2.67 bits per heavy atom. The van der Waals surface area contributed by atoms with Crippen LogP contribution in [0.5, 0.6) is 0 Å². The van der Waals surface area contributed by atoms with Gasteiger partial charge in [0.05, 0.1) is 5.75 Å². The summed E-state index contributed by atoms with van der Waals surface area (Å²) in [4.78, 5) is 0. The first-order valence-electron chi connectivity index (χ1n) is 6.13. The maximum atomic E-state index is 12.2. The molecule has 0 aromatic heterocycles. The van der Waals surface area contributed by atoms with Crippen molar-refractivity contribution in [2.45, 2.75) is 19.9 Å². The summed E-state index contributed by atoms with van der Waals surface area (Å²) in [5.41, 5.74) is 2.38. The first-order valence-corrected chi connectivity index (χ1v) is 8.28. The number of benzene rings is 1. The molecule has 1 aromatic carbocycles. The lowest BCUT2D eigenvalue weighted by Crippen LogP contribution is -2.38. The molecule has 1 aliphatic rings. The maximum Gasteiger partial charge on any atom is 0.214 e. The monoisotopic (exact) mass is 287 g/mol. The van der Waals surface area contributed by atoms with Gasteiger partial charge in [-0.1, -0.05) is 31.2 Å². The van der Waals surface area contributed by atoms with Crippen LogP contribution in [0.25, 0.3) is 0 Å². The summed E-state index contributed by atoms with van der Waals surface area (Å²) in [7, 11) is -3.19. The summed E-state index contributed by atoms with van der Waals surface area (Å²) in [6.45, 7) is 2.93. The molecule has 18 heavy (non-hydrogen) atoms. The number of hydrogen-bond acceptors (Lipinski definition) is 2. The van der Waals surface area contributed by atoms with E-state index < -0.39 is 10.0 Å². The smallest absolute Gasteiger partial charge is 0.212 e. The number of sulfonamides is 1. The second-order valence-corrected chi connectivity index (χ2v) is 7.21. The van der Waals surface area contributed by atoms with E-state index in [2.05, 4.69) is 6.07 Å². The Morgan fingerprint density at radius 1 is 1.33 bits per heavy atom. The molecule has 0 radical (unpaired) electrons. The number of hydrogen-bond donors (Lipinski definition) is 0. The van der Waals surface area contributed by atoms with Gasteiger partial charge in [-0.2, -0.15) is 4.31 Å². The van der Waals surface area contributed by atoms with Crippen LogP contribution < -0.4 is 0 Å². The average Bonchev–Trinajstić information content (AvgIpc) is 2.37. The summed E-state index contributed by atoms with van der Waals surface area (Å²) < 4.78 is 26.0. The highest BCUT2D eigenvalue weighted by Crippen LogP contribution is 2.22. The van der Waals surface area contributed by atoms with Gasteiger partial charge < -0.3 is 0 Å². The fourth-order valence-electron chi connectivity index (χ4n) is 2.22. The molecule has 1 atom stereocenters. The normalized spacial score (nSPS) is 18.3. The van der Waals surface area contributed by atoms with Crippen LogP contribution in [0.1, 0.15) is 18.1 Å². The third-order valence-corrected chi connectivity index (χ3v) is 5.86. The lowest BCUT2D eigenvalue weighted by molar-refractivity contribution is 0.388. The van der Waals surface area contributed by atoms with Crippen molar-refractivity contribution in [2.75, 3.05) is 18.2 Å². The Kier molecular flexibility index (Phi) is 4.30. The molecular formula is C13H18ClNO2S. The summed E-state index contributed by atoms with van der Waals surface area (Å²) in [5.74, 6) is 0.510. The molecule has 0 amide bonds. The molecule has 100 valence electrons. The zero-order valence-electron chi connectivity index (χ0n) is 10.5. The summed E-state index contributed by atoms with van der Waals surface area (Å²) in [5, 5.41) is 0. The van der Waals surface area contributed by atoms with Crippen LogP contribution in [-0.2, 0) is 23.0 Å². The van der Waals surface area contributed by atoms with Crippen molar-refractivity contribution < 1.29 is 8.42 Å². The second kappa shape index (κ2) is 5.59. The van der Waals surface area contributed by atoms with Gasteiger partial charge in [0.25, 0.3) is 0 Å². The molecule has 0 saturated carbocycles. The van der Waals surface area contributed by atoms with E-state index in [0.29, 0.717) is 19.0 Å². The molecule has 0 fully saturated rings. The van der Waals surface area contributed by atoms with E-state index in [4.69, 9.17) is 11.6 Å². The van der Waals surface area contributed by atoms with E-state index in [9.17, 15) is 8.42 Å². The van der Waals surface area contributed by atoms with Crippen LogP contribution in [0.2, 0.25) is 0 Å². The van der Waals surface area contributed by atoms with Crippen molar-refractivity contribution in [1.29, 1.82) is 0 Å². The molecule has 0 aliphatic carbocycles. The Morgan fingerprint density at radius 2 is 2.00 bits per heavy atom. The van der Waals surface area contributed by atoms with Crippen molar-refractivity contribution in [2.24, 2.45) is 5.92 Å². The predicted molar refractivity (Wildman–Crippen MR) is 74.2 cm³/mol. The second-order valence-electron chi connectivity index (χ2n) is 4.89. The Balaban J connectivity index is 2.13. The predicted octanol–water partition coefficient (Wildman–Crippen LogP) is 2.25. The van der Waals surface area contributed by atoms with Crippen molar-refractivity contribution >= 4 is 21.6 Å². The van der Waals surface area contributed by atoms with Gasteiger partial charge in [-0.05, 0) is 23.5 Å². The van der Waals surface area contributed by atoms with Crippen molar-refractivity contribution in [3.05, 3.63) is 35.4 Å². The van der Waals surface area contributed by atoms with E-state index in [1.165, 1.54) is 5.56 Å². The minimum Gasteiger partial charge on any atom is -0.212 e. The van der Waals surface area contributed by atoms with Crippen LogP contribution in [-0.4, -0.2) is 30.9 Å². The highest BCUT2D eigenvalue weighted by atomic mass is 35.5. The molecule has 1 unspecified atom stereocenters. The Hall–Kier alpha value is -0.580. The zero-order valence-corrected chi connectivity index (χ0v) is 12.0. The van der Waals surface area contributed by atoms with Gasteiger partial charge >= 0.3 is 0 Å². The van der Waals surface area contributed by atoms with Gasteiger partial charge in [0, 0.05) is 19.0 Å².